The lowest BCUT2D eigenvalue weighted by Crippen LogP contribution is -2.28. The Morgan fingerprint density at radius 1 is 1.53 bits per heavy atom. The first kappa shape index (κ1) is 11.9. The third-order valence-corrected chi connectivity index (χ3v) is 2.97. The number of anilines is 1. The zero-order valence-corrected chi connectivity index (χ0v) is 9.82. The summed E-state index contributed by atoms with van der Waals surface area (Å²) in [5.41, 5.74) is 0.315. The van der Waals surface area contributed by atoms with Crippen LogP contribution in [0, 0.1) is 5.82 Å². The first-order valence-electron chi connectivity index (χ1n) is 5.93. The molecule has 2 rings (SSSR count). The van der Waals surface area contributed by atoms with Crippen molar-refractivity contribution < 1.29 is 14.3 Å². The maximum Gasteiger partial charge on any atom is 0.340 e. The zero-order chi connectivity index (χ0) is 12.4. The normalized spacial score (nSPS) is 14.7. The predicted octanol–water partition coefficient (Wildman–Crippen LogP) is 2.90. The number of rotatable bonds is 5. The van der Waals surface area contributed by atoms with E-state index in [0.29, 0.717) is 11.7 Å². The van der Waals surface area contributed by atoms with Gasteiger partial charge in [-0.15, -0.1) is 0 Å². The molecule has 1 saturated carbocycles. The van der Waals surface area contributed by atoms with Gasteiger partial charge in [0.15, 0.2) is 0 Å². The SMILES string of the molecule is CCCN(c1cccc(F)c1C(=O)O)C1CC1. The fourth-order valence-corrected chi connectivity index (χ4v) is 2.09. The number of hydrogen-bond donors (Lipinski definition) is 1. The van der Waals surface area contributed by atoms with E-state index in [1.54, 1.807) is 12.1 Å². The first-order chi connectivity index (χ1) is 8.15. The molecule has 1 aliphatic carbocycles. The molecule has 3 nitrogen and oxygen atoms in total. The Labute approximate surface area is 99.9 Å². The first-order valence-corrected chi connectivity index (χ1v) is 5.93. The van der Waals surface area contributed by atoms with E-state index in [4.69, 9.17) is 5.11 Å². The van der Waals surface area contributed by atoms with Gasteiger partial charge >= 0.3 is 5.97 Å². The molecule has 0 amide bonds. The summed E-state index contributed by atoms with van der Waals surface area (Å²) < 4.78 is 13.6. The smallest absolute Gasteiger partial charge is 0.340 e. The molecule has 1 aromatic rings. The van der Waals surface area contributed by atoms with Crippen LogP contribution in [0.25, 0.3) is 0 Å². The van der Waals surface area contributed by atoms with Crippen LogP contribution in [0.5, 0.6) is 0 Å². The second-order valence-electron chi connectivity index (χ2n) is 4.36. The highest BCUT2D eigenvalue weighted by Gasteiger charge is 2.31. The molecule has 0 aromatic heterocycles. The largest absolute Gasteiger partial charge is 0.478 e. The summed E-state index contributed by atoms with van der Waals surface area (Å²) in [6, 6.07) is 4.85. The Hall–Kier alpha value is -1.58. The van der Waals surface area contributed by atoms with Crippen LogP contribution < -0.4 is 4.90 Å². The highest BCUT2D eigenvalue weighted by Crippen LogP contribution is 2.34. The maximum atomic E-state index is 13.6. The van der Waals surface area contributed by atoms with Gasteiger partial charge in [0, 0.05) is 12.6 Å². The van der Waals surface area contributed by atoms with Crippen molar-refractivity contribution >= 4 is 11.7 Å². The van der Waals surface area contributed by atoms with Gasteiger partial charge in [-0.25, -0.2) is 9.18 Å². The van der Waals surface area contributed by atoms with E-state index < -0.39 is 11.8 Å². The van der Waals surface area contributed by atoms with Crippen LogP contribution in [0.1, 0.15) is 36.5 Å². The van der Waals surface area contributed by atoms with Gasteiger partial charge in [-0.1, -0.05) is 13.0 Å². The number of hydrogen-bond acceptors (Lipinski definition) is 2. The highest BCUT2D eigenvalue weighted by molar-refractivity contribution is 5.95. The fourth-order valence-electron chi connectivity index (χ4n) is 2.09. The second-order valence-corrected chi connectivity index (χ2v) is 4.36. The molecule has 0 radical (unpaired) electrons. The molecule has 0 bridgehead atoms. The van der Waals surface area contributed by atoms with E-state index in [1.807, 2.05) is 11.8 Å². The topological polar surface area (TPSA) is 40.5 Å². The highest BCUT2D eigenvalue weighted by atomic mass is 19.1. The van der Waals surface area contributed by atoms with Crippen molar-refractivity contribution in [2.45, 2.75) is 32.2 Å². The molecule has 1 N–H and O–H groups in total. The van der Waals surface area contributed by atoms with Gasteiger partial charge in [0.2, 0.25) is 0 Å². The molecule has 0 aliphatic heterocycles. The van der Waals surface area contributed by atoms with Gasteiger partial charge in [-0.2, -0.15) is 0 Å². The summed E-state index contributed by atoms with van der Waals surface area (Å²) in [5, 5.41) is 9.10. The van der Waals surface area contributed by atoms with Crippen LogP contribution in [0.4, 0.5) is 10.1 Å². The zero-order valence-electron chi connectivity index (χ0n) is 9.82. The summed E-state index contributed by atoms with van der Waals surface area (Å²) in [5.74, 6) is -1.85. The van der Waals surface area contributed by atoms with E-state index in [1.165, 1.54) is 6.07 Å². The molecule has 4 heteroatoms. The molecule has 0 unspecified atom stereocenters. The van der Waals surface area contributed by atoms with E-state index in [2.05, 4.69) is 0 Å². The molecule has 17 heavy (non-hydrogen) atoms. The Morgan fingerprint density at radius 2 is 2.24 bits per heavy atom. The van der Waals surface area contributed by atoms with Crippen molar-refractivity contribution in [3.8, 4) is 0 Å². The Kier molecular flexibility index (Phi) is 3.31. The van der Waals surface area contributed by atoms with Gasteiger partial charge in [-0.05, 0) is 31.4 Å². The van der Waals surface area contributed by atoms with Gasteiger partial charge in [-0.3, -0.25) is 0 Å². The van der Waals surface area contributed by atoms with Gasteiger partial charge in [0.1, 0.15) is 11.4 Å². The van der Waals surface area contributed by atoms with Crippen LogP contribution in [-0.2, 0) is 0 Å². The molecule has 1 aliphatic rings. The molecular weight excluding hydrogens is 221 g/mol. The van der Waals surface area contributed by atoms with E-state index >= 15 is 0 Å². The number of carbonyl (C=O) groups is 1. The van der Waals surface area contributed by atoms with E-state index in [9.17, 15) is 9.18 Å². The summed E-state index contributed by atoms with van der Waals surface area (Å²) in [6.07, 6.45) is 3.05. The average molecular weight is 237 g/mol. The average Bonchev–Trinajstić information content (AvgIpc) is 3.08. The predicted molar refractivity (Wildman–Crippen MR) is 64.0 cm³/mol. The van der Waals surface area contributed by atoms with Crippen molar-refractivity contribution in [2.24, 2.45) is 0 Å². The molecule has 0 saturated heterocycles. The molecular formula is C13H16FNO2. The van der Waals surface area contributed by atoms with E-state index in [-0.39, 0.29) is 5.56 Å². The fraction of sp³-hybridized carbons (Fsp3) is 0.462. The lowest BCUT2D eigenvalue weighted by atomic mass is 10.1. The Balaban J connectivity index is 2.41. The number of benzene rings is 1. The van der Waals surface area contributed by atoms with Crippen molar-refractivity contribution in [1.82, 2.24) is 0 Å². The second kappa shape index (κ2) is 4.73. The lowest BCUT2D eigenvalue weighted by Gasteiger charge is -2.25. The van der Waals surface area contributed by atoms with Crippen LogP contribution in [0.2, 0.25) is 0 Å². The van der Waals surface area contributed by atoms with Crippen LogP contribution in [0.15, 0.2) is 18.2 Å². The minimum absolute atomic E-state index is 0.201. The number of halogens is 1. The molecule has 1 aromatic carbocycles. The van der Waals surface area contributed by atoms with Crippen LogP contribution in [0.3, 0.4) is 0 Å². The Bertz CT molecular complexity index is 429. The number of aromatic carboxylic acids is 1. The number of nitrogens with zero attached hydrogens (tertiary/aromatic N) is 1. The van der Waals surface area contributed by atoms with Gasteiger partial charge in [0.05, 0.1) is 5.69 Å². The van der Waals surface area contributed by atoms with Crippen LogP contribution >= 0.6 is 0 Å². The van der Waals surface area contributed by atoms with Crippen molar-refractivity contribution in [3.63, 3.8) is 0 Å². The molecule has 0 atom stereocenters. The van der Waals surface area contributed by atoms with Crippen LogP contribution in [-0.4, -0.2) is 23.7 Å². The van der Waals surface area contributed by atoms with Crippen molar-refractivity contribution in [1.29, 1.82) is 0 Å². The quantitative estimate of drug-likeness (QED) is 0.856. The summed E-state index contributed by atoms with van der Waals surface area (Å²) >= 11 is 0. The third-order valence-electron chi connectivity index (χ3n) is 2.97. The van der Waals surface area contributed by atoms with E-state index in [0.717, 1.165) is 25.8 Å². The summed E-state index contributed by atoms with van der Waals surface area (Å²) in [6.45, 7) is 2.81. The van der Waals surface area contributed by atoms with Gasteiger partial charge in [0.25, 0.3) is 0 Å². The monoisotopic (exact) mass is 237 g/mol. The Morgan fingerprint density at radius 3 is 2.76 bits per heavy atom. The molecule has 0 spiro atoms. The molecule has 0 heterocycles. The maximum absolute atomic E-state index is 13.6. The minimum Gasteiger partial charge on any atom is -0.478 e. The standard InChI is InChI=1S/C13H16FNO2/c1-2-8-15(9-6-7-9)11-5-3-4-10(14)12(11)13(16)17/h3-5,9H,2,6-8H2,1H3,(H,16,17). The third kappa shape index (κ3) is 2.40. The summed E-state index contributed by atoms with van der Waals surface area (Å²) in [4.78, 5) is 13.1. The molecule has 92 valence electrons. The van der Waals surface area contributed by atoms with Gasteiger partial charge < -0.3 is 10.0 Å². The minimum atomic E-state index is -1.19. The summed E-state index contributed by atoms with van der Waals surface area (Å²) in [7, 11) is 0. The van der Waals surface area contributed by atoms with Crippen molar-refractivity contribution in [2.75, 3.05) is 11.4 Å². The number of carboxylic acids is 1. The number of carboxylic acid groups (broad SMARTS) is 1. The lowest BCUT2D eigenvalue weighted by molar-refractivity contribution is 0.0692. The molecule has 1 fully saturated rings. The van der Waals surface area contributed by atoms with Crippen molar-refractivity contribution in [3.05, 3.63) is 29.6 Å².